The predicted molar refractivity (Wildman–Crippen MR) is 51.8 cm³/mol. The molecule has 0 aromatic carbocycles. The fourth-order valence-electron chi connectivity index (χ4n) is 0.610. The monoisotopic (exact) mass is 167 g/mol. The molecule has 3 heteroatoms. The van der Waals surface area contributed by atoms with Crippen LogP contribution in [-0.4, -0.2) is 9.97 Å². The molecule has 0 saturated heterocycles. The van der Waals surface area contributed by atoms with Gasteiger partial charge < -0.3 is 5.73 Å². The molecule has 0 radical (unpaired) electrons. The van der Waals surface area contributed by atoms with Gasteiger partial charge in [0.15, 0.2) is 0 Å². The highest BCUT2D eigenvalue weighted by atomic mass is 15.0. The Morgan fingerprint density at radius 2 is 1.92 bits per heavy atom. The third-order valence-electron chi connectivity index (χ3n) is 1.09. The van der Waals surface area contributed by atoms with Gasteiger partial charge in [-0.1, -0.05) is 27.2 Å². The predicted octanol–water partition coefficient (Wildman–Crippen LogP) is 2.04. The summed E-state index contributed by atoms with van der Waals surface area (Å²) in [7, 11) is 0. The van der Waals surface area contributed by atoms with Gasteiger partial charge >= 0.3 is 0 Å². The zero-order valence-electron chi connectivity index (χ0n) is 8.04. The second kappa shape index (κ2) is 6.58. The molecule has 0 aliphatic carbocycles. The van der Waals surface area contributed by atoms with E-state index in [0.29, 0.717) is 5.95 Å². The first-order valence-electron chi connectivity index (χ1n) is 4.31. The number of nitrogen functional groups attached to an aromatic ring is 1. The first-order valence-corrected chi connectivity index (χ1v) is 4.31. The smallest absolute Gasteiger partial charge is 0.220 e. The maximum atomic E-state index is 5.31. The lowest BCUT2D eigenvalue weighted by atomic mass is 10.3. The van der Waals surface area contributed by atoms with Crippen LogP contribution in [0.1, 0.15) is 32.9 Å². The topological polar surface area (TPSA) is 51.8 Å². The van der Waals surface area contributed by atoms with Crippen molar-refractivity contribution >= 4 is 5.95 Å². The Balaban J connectivity index is 0.000000354. The molecular formula is C9H17N3. The van der Waals surface area contributed by atoms with E-state index in [4.69, 9.17) is 5.73 Å². The molecule has 0 aliphatic rings. The first kappa shape index (κ1) is 10.9. The summed E-state index contributed by atoms with van der Waals surface area (Å²) in [5, 5.41) is 0. The van der Waals surface area contributed by atoms with Crippen LogP contribution in [0.5, 0.6) is 0 Å². The summed E-state index contributed by atoms with van der Waals surface area (Å²) in [5.41, 5.74) is 6.30. The summed E-state index contributed by atoms with van der Waals surface area (Å²) in [4.78, 5) is 7.71. The fourth-order valence-corrected chi connectivity index (χ4v) is 0.610. The van der Waals surface area contributed by atoms with Crippen molar-refractivity contribution in [3.63, 3.8) is 0 Å². The average Bonchev–Trinajstić information content (AvgIpc) is 2.06. The summed E-state index contributed by atoms with van der Waals surface area (Å²) >= 11 is 0. The summed E-state index contributed by atoms with van der Waals surface area (Å²) < 4.78 is 0. The number of nitrogens with two attached hydrogens (primary N) is 1. The van der Waals surface area contributed by atoms with Crippen LogP contribution in [0.25, 0.3) is 0 Å². The Bertz CT molecular complexity index is 211. The van der Waals surface area contributed by atoms with Gasteiger partial charge in [0.25, 0.3) is 0 Å². The maximum Gasteiger partial charge on any atom is 0.220 e. The van der Waals surface area contributed by atoms with Crippen LogP contribution < -0.4 is 5.73 Å². The second-order valence-corrected chi connectivity index (χ2v) is 2.47. The number of rotatable bonds is 1. The molecule has 0 fully saturated rings. The van der Waals surface area contributed by atoms with Gasteiger partial charge in [0.2, 0.25) is 5.95 Å². The Morgan fingerprint density at radius 3 is 2.25 bits per heavy atom. The number of anilines is 1. The number of hydrogen-bond donors (Lipinski definition) is 1. The molecule has 68 valence electrons. The molecule has 1 rings (SSSR count). The van der Waals surface area contributed by atoms with Crippen LogP contribution in [0, 0.1) is 0 Å². The molecule has 0 unspecified atom stereocenters. The number of nitrogens with zero attached hydrogens (tertiary/aromatic N) is 2. The Labute approximate surface area is 74.0 Å². The van der Waals surface area contributed by atoms with Crippen molar-refractivity contribution in [2.24, 2.45) is 0 Å². The van der Waals surface area contributed by atoms with Crippen LogP contribution in [-0.2, 0) is 6.42 Å². The Kier molecular flexibility index (Phi) is 5.97. The molecule has 0 amide bonds. The van der Waals surface area contributed by atoms with Gasteiger partial charge in [-0.15, -0.1) is 0 Å². The minimum absolute atomic E-state index is 0.356. The quantitative estimate of drug-likeness (QED) is 0.696. The van der Waals surface area contributed by atoms with Crippen LogP contribution >= 0.6 is 0 Å². The summed E-state index contributed by atoms with van der Waals surface area (Å²) in [6.45, 7) is 6.28. The molecule has 0 saturated carbocycles. The molecule has 1 heterocycles. The molecule has 0 atom stereocenters. The van der Waals surface area contributed by atoms with Crippen molar-refractivity contribution in [2.75, 3.05) is 5.73 Å². The van der Waals surface area contributed by atoms with Crippen molar-refractivity contribution in [3.05, 3.63) is 18.0 Å². The highest BCUT2D eigenvalue weighted by molar-refractivity contribution is 5.16. The van der Waals surface area contributed by atoms with Gasteiger partial charge in [-0.2, -0.15) is 0 Å². The molecule has 12 heavy (non-hydrogen) atoms. The normalized spacial score (nSPS) is 8.58. The highest BCUT2D eigenvalue weighted by Crippen LogP contribution is 1.95. The van der Waals surface area contributed by atoms with Crippen molar-refractivity contribution in [2.45, 2.75) is 33.6 Å². The Hall–Kier alpha value is -1.12. The van der Waals surface area contributed by atoms with Gasteiger partial charge in [-0.25, -0.2) is 9.97 Å². The fraction of sp³-hybridized carbons (Fsp3) is 0.556. The molecule has 0 bridgehead atoms. The van der Waals surface area contributed by atoms with E-state index in [-0.39, 0.29) is 0 Å². The van der Waals surface area contributed by atoms with E-state index in [1.165, 1.54) is 6.42 Å². The minimum atomic E-state index is 0.356. The summed E-state index contributed by atoms with van der Waals surface area (Å²) in [6, 6.07) is 1.86. The molecule has 3 nitrogen and oxygen atoms in total. The van der Waals surface area contributed by atoms with E-state index < -0.39 is 0 Å². The molecule has 1 aromatic rings. The standard InChI is InChI=1S/C6H9N3.C3H8/c1-2-5-3-4-8-6(7)9-5;1-3-2/h3-4H,2H2,1H3,(H2,7,8,9);3H2,1-2H3. The SMILES string of the molecule is CCC.CCc1ccnc(N)n1. The van der Waals surface area contributed by atoms with Crippen LogP contribution in [0.15, 0.2) is 12.3 Å². The van der Waals surface area contributed by atoms with Crippen molar-refractivity contribution in [3.8, 4) is 0 Å². The van der Waals surface area contributed by atoms with E-state index in [2.05, 4.69) is 23.8 Å². The first-order chi connectivity index (χ1) is 5.74. The number of hydrogen-bond acceptors (Lipinski definition) is 3. The van der Waals surface area contributed by atoms with E-state index in [9.17, 15) is 0 Å². The Morgan fingerprint density at radius 1 is 1.33 bits per heavy atom. The third kappa shape index (κ3) is 4.66. The minimum Gasteiger partial charge on any atom is -0.368 e. The number of aromatic nitrogens is 2. The molecule has 2 N–H and O–H groups in total. The van der Waals surface area contributed by atoms with Crippen LogP contribution in [0.2, 0.25) is 0 Å². The van der Waals surface area contributed by atoms with Gasteiger partial charge in [0.05, 0.1) is 0 Å². The lowest BCUT2D eigenvalue weighted by Crippen LogP contribution is -1.96. The highest BCUT2D eigenvalue weighted by Gasteiger charge is 1.89. The van der Waals surface area contributed by atoms with E-state index >= 15 is 0 Å². The van der Waals surface area contributed by atoms with Gasteiger partial charge in [0, 0.05) is 11.9 Å². The largest absolute Gasteiger partial charge is 0.368 e. The lowest BCUT2D eigenvalue weighted by Gasteiger charge is -1.93. The second-order valence-electron chi connectivity index (χ2n) is 2.47. The van der Waals surface area contributed by atoms with Crippen LogP contribution in [0.3, 0.4) is 0 Å². The van der Waals surface area contributed by atoms with Gasteiger partial charge in [-0.05, 0) is 12.5 Å². The number of aryl methyl sites for hydroxylation is 1. The molecule has 1 aromatic heterocycles. The van der Waals surface area contributed by atoms with E-state index in [0.717, 1.165) is 12.1 Å². The third-order valence-corrected chi connectivity index (χ3v) is 1.09. The summed E-state index contributed by atoms with van der Waals surface area (Å²) in [6.07, 6.45) is 3.83. The summed E-state index contributed by atoms with van der Waals surface area (Å²) in [5.74, 6) is 0.356. The van der Waals surface area contributed by atoms with Gasteiger partial charge in [0.1, 0.15) is 0 Å². The maximum absolute atomic E-state index is 5.31. The molecule has 0 spiro atoms. The van der Waals surface area contributed by atoms with Crippen molar-refractivity contribution in [1.29, 1.82) is 0 Å². The van der Waals surface area contributed by atoms with Crippen molar-refractivity contribution < 1.29 is 0 Å². The lowest BCUT2D eigenvalue weighted by molar-refractivity contribution is 1.01. The van der Waals surface area contributed by atoms with Crippen molar-refractivity contribution in [1.82, 2.24) is 9.97 Å². The van der Waals surface area contributed by atoms with Gasteiger partial charge in [-0.3, -0.25) is 0 Å². The van der Waals surface area contributed by atoms with Crippen LogP contribution in [0.4, 0.5) is 5.95 Å². The van der Waals surface area contributed by atoms with E-state index in [1.807, 2.05) is 13.0 Å². The zero-order chi connectivity index (χ0) is 9.40. The van der Waals surface area contributed by atoms with E-state index in [1.54, 1.807) is 6.20 Å². The zero-order valence-corrected chi connectivity index (χ0v) is 8.04. The molecule has 0 aliphatic heterocycles. The molecular weight excluding hydrogens is 150 g/mol. The average molecular weight is 167 g/mol.